The molecule has 4 rings (SSSR count). The predicted molar refractivity (Wildman–Crippen MR) is 92.9 cm³/mol. The SMILES string of the molecule is c1ccc(NCc2cnc3n2CCN(C[C@@H]2CCOC2)CC3)nc1. The number of hydrogen-bond donors (Lipinski definition) is 1. The number of hydrogen-bond acceptors (Lipinski definition) is 5. The third-order valence-electron chi connectivity index (χ3n) is 4.97. The van der Waals surface area contributed by atoms with E-state index in [-0.39, 0.29) is 0 Å². The summed E-state index contributed by atoms with van der Waals surface area (Å²) < 4.78 is 7.89. The van der Waals surface area contributed by atoms with E-state index in [9.17, 15) is 0 Å². The maximum atomic E-state index is 5.51. The molecule has 128 valence electrons. The van der Waals surface area contributed by atoms with Crippen LogP contribution in [0, 0.1) is 5.92 Å². The molecule has 6 heteroatoms. The molecule has 0 spiro atoms. The first kappa shape index (κ1) is 15.6. The van der Waals surface area contributed by atoms with Crippen LogP contribution in [0.2, 0.25) is 0 Å². The Hall–Kier alpha value is -1.92. The molecule has 4 heterocycles. The number of anilines is 1. The summed E-state index contributed by atoms with van der Waals surface area (Å²) >= 11 is 0. The van der Waals surface area contributed by atoms with Crippen LogP contribution in [-0.2, 0) is 24.2 Å². The standard InChI is InChI=1S/C18H25N5O/c1-2-6-19-17(3-1)20-11-16-12-21-18-4-7-22(8-9-23(16)18)13-15-5-10-24-14-15/h1-3,6,12,15H,4-5,7-11,13-14H2,(H,19,20)/t15-/m0/s1. The summed E-state index contributed by atoms with van der Waals surface area (Å²) in [6.45, 7) is 7.00. The van der Waals surface area contributed by atoms with Crippen molar-refractivity contribution < 1.29 is 4.74 Å². The minimum atomic E-state index is 0.709. The lowest BCUT2D eigenvalue weighted by molar-refractivity contribution is 0.167. The van der Waals surface area contributed by atoms with Gasteiger partial charge in [-0.15, -0.1) is 0 Å². The first-order valence-electron chi connectivity index (χ1n) is 8.87. The topological polar surface area (TPSA) is 55.2 Å². The molecule has 2 aromatic rings. The molecule has 1 fully saturated rings. The number of fused-ring (bicyclic) bond motifs is 1. The van der Waals surface area contributed by atoms with E-state index in [2.05, 4.69) is 24.8 Å². The van der Waals surface area contributed by atoms with Crippen LogP contribution in [0.15, 0.2) is 30.6 Å². The van der Waals surface area contributed by atoms with Crippen molar-refractivity contribution in [2.24, 2.45) is 5.92 Å². The van der Waals surface area contributed by atoms with Crippen LogP contribution < -0.4 is 5.32 Å². The van der Waals surface area contributed by atoms with E-state index >= 15 is 0 Å². The van der Waals surface area contributed by atoms with Crippen LogP contribution in [0.1, 0.15) is 17.9 Å². The zero-order chi connectivity index (χ0) is 16.2. The quantitative estimate of drug-likeness (QED) is 0.907. The molecule has 0 aromatic carbocycles. The molecule has 0 unspecified atom stereocenters. The Balaban J connectivity index is 1.36. The Morgan fingerprint density at radius 1 is 1.21 bits per heavy atom. The number of rotatable bonds is 5. The van der Waals surface area contributed by atoms with Crippen LogP contribution in [-0.4, -0.2) is 52.3 Å². The molecule has 2 aliphatic rings. The summed E-state index contributed by atoms with van der Waals surface area (Å²) in [5, 5.41) is 3.39. The highest BCUT2D eigenvalue weighted by Crippen LogP contribution is 2.17. The van der Waals surface area contributed by atoms with Gasteiger partial charge in [-0.2, -0.15) is 0 Å². The van der Waals surface area contributed by atoms with Crippen LogP contribution in [0.3, 0.4) is 0 Å². The second-order valence-electron chi connectivity index (χ2n) is 6.67. The van der Waals surface area contributed by atoms with Gasteiger partial charge in [0.15, 0.2) is 0 Å². The van der Waals surface area contributed by atoms with Crippen molar-refractivity contribution in [1.29, 1.82) is 0 Å². The molecule has 6 nitrogen and oxygen atoms in total. The fourth-order valence-electron chi connectivity index (χ4n) is 3.60. The van der Waals surface area contributed by atoms with Crippen molar-refractivity contribution in [1.82, 2.24) is 19.4 Å². The predicted octanol–water partition coefficient (Wildman–Crippen LogP) is 1.78. The van der Waals surface area contributed by atoms with E-state index in [1.807, 2.05) is 30.6 Å². The molecule has 1 N–H and O–H groups in total. The van der Waals surface area contributed by atoms with E-state index in [0.717, 1.165) is 58.2 Å². The number of nitrogens with one attached hydrogen (secondary N) is 1. The van der Waals surface area contributed by atoms with Crippen molar-refractivity contribution in [3.8, 4) is 0 Å². The van der Waals surface area contributed by atoms with E-state index in [1.165, 1.54) is 17.9 Å². The number of ether oxygens (including phenoxy) is 1. The van der Waals surface area contributed by atoms with Gasteiger partial charge in [-0.05, 0) is 24.5 Å². The second kappa shape index (κ2) is 7.32. The smallest absolute Gasteiger partial charge is 0.126 e. The molecular weight excluding hydrogens is 302 g/mol. The minimum Gasteiger partial charge on any atom is -0.381 e. The van der Waals surface area contributed by atoms with Gasteiger partial charge in [0.1, 0.15) is 11.6 Å². The Labute approximate surface area is 142 Å². The van der Waals surface area contributed by atoms with Crippen LogP contribution >= 0.6 is 0 Å². The van der Waals surface area contributed by atoms with Crippen LogP contribution in [0.5, 0.6) is 0 Å². The first-order valence-corrected chi connectivity index (χ1v) is 8.87. The van der Waals surface area contributed by atoms with E-state index in [1.54, 1.807) is 0 Å². The largest absolute Gasteiger partial charge is 0.381 e. The molecule has 0 bridgehead atoms. The molecular formula is C18H25N5O. The third kappa shape index (κ3) is 3.60. The highest BCUT2D eigenvalue weighted by Gasteiger charge is 2.22. The van der Waals surface area contributed by atoms with Gasteiger partial charge < -0.3 is 19.5 Å². The lowest BCUT2D eigenvalue weighted by Gasteiger charge is -2.22. The number of nitrogens with zero attached hydrogens (tertiary/aromatic N) is 4. The van der Waals surface area contributed by atoms with Crippen molar-refractivity contribution in [3.63, 3.8) is 0 Å². The van der Waals surface area contributed by atoms with Gasteiger partial charge in [0, 0.05) is 45.4 Å². The van der Waals surface area contributed by atoms with Crippen molar-refractivity contribution in [2.75, 3.05) is 38.2 Å². The average Bonchev–Trinajstić information content (AvgIpc) is 3.21. The summed E-state index contributed by atoms with van der Waals surface area (Å²) in [5.74, 6) is 2.82. The summed E-state index contributed by atoms with van der Waals surface area (Å²) in [5.41, 5.74) is 1.24. The minimum absolute atomic E-state index is 0.709. The van der Waals surface area contributed by atoms with Gasteiger partial charge >= 0.3 is 0 Å². The van der Waals surface area contributed by atoms with Crippen molar-refractivity contribution in [2.45, 2.75) is 25.9 Å². The van der Waals surface area contributed by atoms with Crippen LogP contribution in [0.4, 0.5) is 5.82 Å². The normalized spacial score (nSPS) is 21.4. The summed E-state index contributed by atoms with van der Waals surface area (Å²) in [6, 6.07) is 5.92. The molecule has 1 saturated heterocycles. The lowest BCUT2D eigenvalue weighted by atomic mass is 10.1. The van der Waals surface area contributed by atoms with E-state index < -0.39 is 0 Å². The Morgan fingerprint density at radius 3 is 3.04 bits per heavy atom. The number of pyridine rings is 1. The molecule has 2 aromatic heterocycles. The summed E-state index contributed by atoms with van der Waals surface area (Å²) in [6.07, 6.45) is 6.05. The Morgan fingerprint density at radius 2 is 2.21 bits per heavy atom. The van der Waals surface area contributed by atoms with Crippen molar-refractivity contribution in [3.05, 3.63) is 42.1 Å². The first-order chi connectivity index (χ1) is 11.9. The van der Waals surface area contributed by atoms with Crippen LogP contribution in [0.25, 0.3) is 0 Å². The molecule has 0 aliphatic carbocycles. The van der Waals surface area contributed by atoms with Gasteiger partial charge in [0.25, 0.3) is 0 Å². The van der Waals surface area contributed by atoms with E-state index in [4.69, 9.17) is 4.74 Å². The highest BCUT2D eigenvalue weighted by molar-refractivity contribution is 5.33. The number of imidazole rings is 1. The monoisotopic (exact) mass is 327 g/mol. The Bertz CT molecular complexity index is 651. The highest BCUT2D eigenvalue weighted by atomic mass is 16.5. The van der Waals surface area contributed by atoms with Gasteiger partial charge in [-0.3, -0.25) is 0 Å². The van der Waals surface area contributed by atoms with E-state index in [0.29, 0.717) is 5.92 Å². The second-order valence-corrected chi connectivity index (χ2v) is 6.67. The maximum absolute atomic E-state index is 5.51. The lowest BCUT2D eigenvalue weighted by Crippen LogP contribution is -2.32. The summed E-state index contributed by atoms with van der Waals surface area (Å²) in [7, 11) is 0. The fraction of sp³-hybridized carbons (Fsp3) is 0.556. The molecule has 0 amide bonds. The van der Waals surface area contributed by atoms with Gasteiger partial charge in [0.2, 0.25) is 0 Å². The third-order valence-corrected chi connectivity index (χ3v) is 4.97. The zero-order valence-electron chi connectivity index (χ0n) is 14.0. The Kier molecular flexibility index (Phi) is 4.76. The number of aromatic nitrogens is 3. The zero-order valence-corrected chi connectivity index (χ0v) is 14.0. The van der Waals surface area contributed by atoms with Crippen molar-refractivity contribution >= 4 is 5.82 Å². The molecule has 2 aliphatic heterocycles. The fourth-order valence-corrected chi connectivity index (χ4v) is 3.60. The van der Waals surface area contributed by atoms with Gasteiger partial charge in [-0.1, -0.05) is 6.07 Å². The molecule has 24 heavy (non-hydrogen) atoms. The molecule has 1 atom stereocenters. The summed E-state index contributed by atoms with van der Waals surface area (Å²) in [4.78, 5) is 11.5. The van der Waals surface area contributed by atoms with Gasteiger partial charge in [-0.25, -0.2) is 9.97 Å². The van der Waals surface area contributed by atoms with Gasteiger partial charge in [0.05, 0.1) is 25.0 Å². The maximum Gasteiger partial charge on any atom is 0.126 e. The average molecular weight is 327 g/mol. The molecule has 0 saturated carbocycles. The molecule has 0 radical (unpaired) electrons.